The molecule has 1 aromatic carbocycles. The first-order valence-electron chi connectivity index (χ1n) is 9.82. The number of nitrogens with zero attached hydrogens (tertiary/aromatic N) is 3. The average Bonchev–Trinajstić information content (AvgIpc) is 2.94. The quantitative estimate of drug-likeness (QED) is 0.610. The molecule has 4 nitrogen and oxygen atoms in total. The molecule has 0 radical (unpaired) electrons. The van der Waals surface area contributed by atoms with Crippen LogP contribution in [0, 0.1) is 25.6 Å². The predicted molar refractivity (Wildman–Crippen MR) is 104 cm³/mol. The molecule has 0 unspecified atom stereocenters. The standard InChI is InChI=1S/C22H26FN3O/c1-15-16(2)26(13-17-6-4-3-5-7-17)21-20(15)12-24-25-22(21)27-14-18-8-10-19(23)11-9-18/h8-12,17H,3-7,13-14H2,1-2H3. The van der Waals surface area contributed by atoms with Crippen molar-refractivity contribution in [3.8, 4) is 5.88 Å². The van der Waals surface area contributed by atoms with Gasteiger partial charge in [-0.05, 0) is 55.9 Å². The first-order valence-corrected chi connectivity index (χ1v) is 9.82. The Bertz CT molecular complexity index is 927. The van der Waals surface area contributed by atoms with Gasteiger partial charge >= 0.3 is 0 Å². The van der Waals surface area contributed by atoms with Gasteiger partial charge in [0.1, 0.15) is 17.9 Å². The Kier molecular flexibility index (Phi) is 5.10. The van der Waals surface area contributed by atoms with Crippen LogP contribution >= 0.6 is 0 Å². The van der Waals surface area contributed by atoms with Crippen LogP contribution in [0.25, 0.3) is 10.9 Å². The minimum absolute atomic E-state index is 0.242. The molecule has 3 aromatic rings. The van der Waals surface area contributed by atoms with Gasteiger partial charge in [0.2, 0.25) is 0 Å². The molecule has 0 spiro atoms. The van der Waals surface area contributed by atoms with E-state index in [0.717, 1.165) is 23.0 Å². The molecule has 0 N–H and O–H groups in total. The van der Waals surface area contributed by atoms with Crippen LogP contribution in [0.5, 0.6) is 5.88 Å². The first-order chi connectivity index (χ1) is 13.1. The van der Waals surface area contributed by atoms with E-state index < -0.39 is 0 Å². The maximum absolute atomic E-state index is 13.1. The molecular weight excluding hydrogens is 341 g/mol. The summed E-state index contributed by atoms with van der Waals surface area (Å²) in [6, 6.07) is 6.37. The Balaban J connectivity index is 1.65. The second-order valence-corrected chi connectivity index (χ2v) is 7.65. The molecule has 142 valence electrons. The van der Waals surface area contributed by atoms with Crippen molar-refractivity contribution in [2.45, 2.75) is 59.1 Å². The van der Waals surface area contributed by atoms with Crippen molar-refractivity contribution in [3.05, 3.63) is 53.1 Å². The Hall–Kier alpha value is -2.43. The summed E-state index contributed by atoms with van der Waals surface area (Å²) in [7, 11) is 0. The van der Waals surface area contributed by atoms with Crippen LogP contribution in [0.2, 0.25) is 0 Å². The number of fused-ring (bicyclic) bond motifs is 1. The SMILES string of the molecule is Cc1c(C)n(CC2CCCCC2)c2c(OCc3ccc(F)cc3)nncc12. The lowest BCUT2D eigenvalue weighted by atomic mass is 9.89. The zero-order chi connectivity index (χ0) is 18.8. The molecule has 2 heterocycles. The number of aromatic nitrogens is 3. The second-order valence-electron chi connectivity index (χ2n) is 7.65. The molecule has 0 amide bonds. The highest BCUT2D eigenvalue weighted by Gasteiger charge is 2.21. The third-order valence-electron chi connectivity index (χ3n) is 5.87. The minimum atomic E-state index is -0.242. The minimum Gasteiger partial charge on any atom is -0.470 e. The number of hydrogen-bond donors (Lipinski definition) is 0. The van der Waals surface area contributed by atoms with Gasteiger partial charge in [0.05, 0.1) is 6.20 Å². The third kappa shape index (κ3) is 3.68. The maximum atomic E-state index is 13.1. The fraction of sp³-hybridized carbons (Fsp3) is 0.455. The maximum Gasteiger partial charge on any atom is 0.258 e. The van der Waals surface area contributed by atoms with E-state index in [-0.39, 0.29) is 5.82 Å². The Morgan fingerprint density at radius 1 is 1.11 bits per heavy atom. The summed E-state index contributed by atoms with van der Waals surface area (Å²) in [6.07, 6.45) is 8.44. The highest BCUT2D eigenvalue weighted by molar-refractivity contribution is 5.88. The number of halogens is 1. The zero-order valence-electron chi connectivity index (χ0n) is 16.0. The number of benzene rings is 1. The lowest BCUT2D eigenvalue weighted by Crippen LogP contribution is -2.15. The van der Waals surface area contributed by atoms with Crippen LogP contribution in [0.1, 0.15) is 48.9 Å². The molecule has 1 fully saturated rings. The monoisotopic (exact) mass is 367 g/mol. The summed E-state index contributed by atoms with van der Waals surface area (Å²) in [5.74, 6) is 1.03. The van der Waals surface area contributed by atoms with Gasteiger partial charge in [0.25, 0.3) is 5.88 Å². The summed E-state index contributed by atoms with van der Waals surface area (Å²) in [4.78, 5) is 0. The Morgan fingerprint density at radius 3 is 2.59 bits per heavy atom. The Labute approximate surface area is 159 Å². The Morgan fingerprint density at radius 2 is 1.85 bits per heavy atom. The van der Waals surface area contributed by atoms with Crippen molar-refractivity contribution in [2.75, 3.05) is 0 Å². The molecule has 1 saturated carbocycles. The van der Waals surface area contributed by atoms with E-state index >= 15 is 0 Å². The third-order valence-corrected chi connectivity index (χ3v) is 5.87. The van der Waals surface area contributed by atoms with E-state index in [4.69, 9.17) is 4.74 Å². The van der Waals surface area contributed by atoms with Gasteiger partial charge in [-0.25, -0.2) is 4.39 Å². The van der Waals surface area contributed by atoms with Gasteiger partial charge in [0, 0.05) is 17.6 Å². The van der Waals surface area contributed by atoms with Crippen molar-refractivity contribution >= 4 is 10.9 Å². The van der Waals surface area contributed by atoms with Gasteiger partial charge in [-0.2, -0.15) is 5.10 Å². The molecular formula is C22H26FN3O. The molecule has 4 rings (SSSR count). The van der Waals surface area contributed by atoms with E-state index in [1.165, 1.54) is 55.5 Å². The summed E-state index contributed by atoms with van der Waals surface area (Å²) in [6.45, 7) is 5.66. The topological polar surface area (TPSA) is 39.9 Å². The van der Waals surface area contributed by atoms with E-state index in [0.29, 0.717) is 18.4 Å². The van der Waals surface area contributed by atoms with Crippen LogP contribution in [0.3, 0.4) is 0 Å². The zero-order valence-corrected chi connectivity index (χ0v) is 16.0. The number of hydrogen-bond acceptors (Lipinski definition) is 3. The van der Waals surface area contributed by atoms with Crippen LogP contribution in [-0.4, -0.2) is 14.8 Å². The molecule has 1 aliphatic rings. The summed E-state index contributed by atoms with van der Waals surface area (Å²) < 4.78 is 21.5. The normalized spacial score (nSPS) is 15.4. The summed E-state index contributed by atoms with van der Waals surface area (Å²) >= 11 is 0. The van der Waals surface area contributed by atoms with E-state index in [9.17, 15) is 4.39 Å². The summed E-state index contributed by atoms with van der Waals surface area (Å²) in [5, 5.41) is 9.54. The average molecular weight is 367 g/mol. The van der Waals surface area contributed by atoms with Crippen LogP contribution in [-0.2, 0) is 13.2 Å². The molecule has 2 aromatic heterocycles. The van der Waals surface area contributed by atoms with Crippen LogP contribution in [0.15, 0.2) is 30.5 Å². The molecule has 5 heteroatoms. The highest BCUT2D eigenvalue weighted by atomic mass is 19.1. The van der Waals surface area contributed by atoms with Crippen molar-refractivity contribution < 1.29 is 9.13 Å². The van der Waals surface area contributed by atoms with Gasteiger partial charge in [-0.3, -0.25) is 0 Å². The van der Waals surface area contributed by atoms with E-state index in [2.05, 4.69) is 28.6 Å². The number of aryl methyl sites for hydroxylation is 1. The fourth-order valence-electron chi connectivity index (χ4n) is 4.15. The lowest BCUT2D eigenvalue weighted by Gasteiger charge is -2.23. The van der Waals surface area contributed by atoms with Crippen LogP contribution < -0.4 is 4.74 Å². The largest absolute Gasteiger partial charge is 0.470 e. The van der Waals surface area contributed by atoms with Gasteiger partial charge in [-0.15, -0.1) is 5.10 Å². The fourth-order valence-corrected chi connectivity index (χ4v) is 4.15. The van der Waals surface area contributed by atoms with Gasteiger partial charge in [0.15, 0.2) is 0 Å². The smallest absolute Gasteiger partial charge is 0.258 e. The summed E-state index contributed by atoms with van der Waals surface area (Å²) in [5.41, 5.74) is 4.45. The van der Waals surface area contributed by atoms with Crippen molar-refractivity contribution in [2.24, 2.45) is 5.92 Å². The van der Waals surface area contributed by atoms with E-state index in [1.54, 1.807) is 12.1 Å². The van der Waals surface area contributed by atoms with Gasteiger partial charge < -0.3 is 9.30 Å². The van der Waals surface area contributed by atoms with Crippen molar-refractivity contribution in [3.63, 3.8) is 0 Å². The first kappa shape index (κ1) is 18.0. The van der Waals surface area contributed by atoms with E-state index in [1.807, 2.05) is 6.20 Å². The molecule has 27 heavy (non-hydrogen) atoms. The number of ether oxygens (including phenoxy) is 1. The molecule has 0 aliphatic heterocycles. The second kappa shape index (κ2) is 7.67. The molecule has 0 atom stereocenters. The van der Waals surface area contributed by atoms with Crippen molar-refractivity contribution in [1.82, 2.24) is 14.8 Å². The van der Waals surface area contributed by atoms with Crippen molar-refractivity contribution in [1.29, 1.82) is 0 Å². The molecule has 0 bridgehead atoms. The molecule has 0 saturated heterocycles. The van der Waals surface area contributed by atoms with Crippen LogP contribution in [0.4, 0.5) is 4.39 Å². The van der Waals surface area contributed by atoms with Gasteiger partial charge in [-0.1, -0.05) is 31.4 Å². The predicted octanol–water partition coefficient (Wildman–Crippen LogP) is 5.35. The lowest BCUT2D eigenvalue weighted by molar-refractivity contribution is 0.289. The highest BCUT2D eigenvalue weighted by Crippen LogP contribution is 2.33. The molecule has 1 aliphatic carbocycles. The number of rotatable bonds is 5.